The summed E-state index contributed by atoms with van der Waals surface area (Å²) in [5, 5.41) is 10.5. The van der Waals surface area contributed by atoms with Crippen LogP contribution in [0.5, 0.6) is 0 Å². The number of benzene rings is 2. The number of halogens is 1. The first kappa shape index (κ1) is 15.5. The molecule has 0 aliphatic carbocycles. The van der Waals surface area contributed by atoms with Crippen LogP contribution in [0.4, 0.5) is 15.8 Å². The predicted molar refractivity (Wildman–Crippen MR) is 85.9 cm³/mol. The summed E-state index contributed by atoms with van der Waals surface area (Å²) in [6.45, 7) is 0.619. The molecule has 3 N–H and O–H groups in total. The Labute approximate surface area is 133 Å². The molecule has 1 amide bonds. The molecule has 0 saturated carbocycles. The Morgan fingerprint density at radius 1 is 1.30 bits per heavy atom. The first-order valence-electron chi connectivity index (χ1n) is 7.32. The van der Waals surface area contributed by atoms with Crippen molar-refractivity contribution in [2.24, 2.45) is 5.73 Å². The van der Waals surface area contributed by atoms with E-state index in [-0.39, 0.29) is 5.82 Å². The van der Waals surface area contributed by atoms with E-state index < -0.39 is 11.9 Å². The van der Waals surface area contributed by atoms with Crippen LogP contribution in [0.15, 0.2) is 42.5 Å². The quantitative estimate of drug-likeness (QED) is 0.851. The summed E-state index contributed by atoms with van der Waals surface area (Å²) in [7, 11) is 1.92. The Bertz CT molecular complexity index is 733. The zero-order valence-electron chi connectivity index (χ0n) is 12.7. The van der Waals surface area contributed by atoms with Gasteiger partial charge in [-0.15, -0.1) is 0 Å². The molecule has 0 bridgehead atoms. The molecule has 3 rings (SSSR count). The predicted octanol–water partition coefficient (Wildman–Crippen LogP) is 2.07. The van der Waals surface area contributed by atoms with Crippen LogP contribution < -0.4 is 15.7 Å². The molecule has 1 heterocycles. The largest absolute Gasteiger partial charge is 0.370 e. The SMILES string of the molecule is CN(Cc1ccc2c(c1)C[C@H](N)C(=O)N2O)c1ccc(F)cc1. The highest BCUT2D eigenvalue weighted by Crippen LogP contribution is 2.28. The van der Waals surface area contributed by atoms with Gasteiger partial charge in [-0.2, -0.15) is 5.06 Å². The van der Waals surface area contributed by atoms with Gasteiger partial charge in [0.15, 0.2) is 0 Å². The third kappa shape index (κ3) is 3.04. The van der Waals surface area contributed by atoms with Crippen LogP contribution in [0.2, 0.25) is 0 Å². The van der Waals surface area contributed by atoms with E-state index in [1.807, 2.05) is 24.1 Å². The molecule has 1 aliphatic heterocycles. The average Bonchev–Trinajstić information content (AvgIpc) is 2.53. The van der Waals surface area contributed by atoms with E-state index in [2.05, 4.69) is 0 Å². The highest BCUT2D eigenvalue weighted by Gasteiger charge is 2.29. The maximum Gasteiger partial charge on any atom is 0.267 e. The second-order valence-corrected chi connectivity index (χ2v) is 5.76. The molecule has 0 saturated heterocycles. The van der Waals surface area contributed by atoms with Gasteiger partial charge in [-0.05, 0) is 47.9 Å². The second-order valence-electron chi connectivity index (χ2n) is 5.76. The van der Waals surface area contributed by atoms with Gasteiger partial charge in [-0.1, -0.05) is 12.1 Å². The molecule has 1 aliphatic rings. The molecule has 0 radical (unpaired) electrons. The summed E-state index contributed by atoms with van der Waals surface area (Å²) < 4.78 is 13.0. The lowest BCUT2D eigenvalue weighted by atomic mass is 9.97. The van der Waals surface area contributed by atoms with Crippen LogP contribution in [-0.4, -0.2) is 24.2 Å². The smallest absolute Gasteiger partial charge is 0.267 e. The van der Waals surface area contributed by atoms with Crippen LogP contribution in [0.3, 0.4) is 0 Å². The summed E-state index contributed by atoms with van der Waals surface area (Å²) >= 11 is 0. The van der Waals surface area contributed by atoms with E-state index >= 15 is 0 Å². The highest BCUT2D eigenvalue weighted by atomic mass is 19.1. The Morgan fingerprint density at radius 2 is 2.00 bits per heavy atom. The molecular formula is C17H18FN3O2. The molecule has 5 nitrogen and oxygen atoms in total. The fraction of sp³-hybridized carbons (Fsp3) is 0.235. The molecule has 120 valence electrons. The van der Waals surface area contributed by atoms with Crippen LogP contribution in [0.1, 0.15) is 11.1 Å². The Balaban J connectivity index is 1.81. The van der Waals surface area contributed by atoms with E-state index in [4.69, 9.17) is 5.73 Å². The summed E-state index contributed by atoms with van der Waals surface area (Å²) in [4.78, 5) is 13.7. The van der Waals surface area contributed by atoms with Gasteiger partial charge in [-0.3, -0.25) is 10.0 Å². The van der Waals surface area contributed by atoms with Crippen molar-refractivity contribution in [2.75, 3.05) is 17.0 Å². The number of carbonyl (C=O) groups is 1. The van der Waals surface area contributed by atoms with Crippen molar-refractivity contribution in [1.82, 2.24) is 0 Å². The van der Waals surface area contributed by atoms with Crippen LogP contribution in [0, 0.1) is 5.82 Å². The summed E-state index contributed by atoms with van der Waals surface area (Å²) in [5.41, 5.74) is 8.98. The van der Waals surface area contributed by atoms with E-state index in [1.165, 1.54) is 12.1 Å². The number of amides is 1. The minimum atomic E-state index is -0.724. The van der Waals surface area contributed by atoms with Gasteiger partial charge < -0.3 is 10.6 Å². The van der Waals surface area contributed by atoms with E-state index in [1.54, 1.807) is 18.2 Å². The third-order valence-electron chi connectivity index (χ3n) is 4.03. The maximum absolute atomic E-state index is 13.0. The fourth-order valence-corrected chi connectivity index (χ4v) is 2.77. The molecule has 0 aromatic heterocycles. The normalized spacial score (nSPS) is 17.1. The Hall–Kier alpha value is -2.44. The van der Waals surface area contributed by atoms with Gasteiger partial charge in [0.05, 0.1) is 11.7 Å². The van der Waals surface area contributed by atoms with Crippen LogP contribution >= 0.6 is 0 Å². The number of nitrogens with zero attached hydrogens (tertiary/aromatic N) is 2. The lowest BCUT2D eigenvalue weighted by Crippen LogP contribution is -2.47. The number of anilines is 2. The summed E-state index contributed by atoms with van der Waals surface area (Å²) in [6.07, 6.45) is 0.402. The zero-order chi connectivity index (χ0) is 16.6. The first-order chi connectivity index (χ1) is 11.0. The maximum atomic E-state index is 13.0. The summed E-state index contributed by atoms with van der Waals surface area (Å²) in [6, 6.07) is 11.1. The molecule has 2 aromatic rings. The molecule has 0 unspecified atom stereocenters. The van der Waals surface area contributed by atoms with Crippen molar-refractivity contribution < 1.29 is 14.4 Å². The number of hydrogen-bond donors (Lipinski definition) is 2. The van der Waals surface area contributed by atoms with E-state index in [0.29, 0.717) is 23.7 Å². The van der Waals surface area contributed by atoms with Crippen molar-refractivity contribution in [3.8, 4) is 0 Å². The van der Waals surface area contributed by atoms with Crippen molar-refractivity contribution >= 4 is 17.3 Å². The molecule has 23 heavy (non-hydrogen) atoms. The first-order valence-corrected chi connectivity index (χ1v) is 7.32. The number of nitrogens with two attached hydrogens (primary N) is 1. The molecule has 2 aromatic carbocycles. The Morgan fingerprint density at radius 3 is 2.70 bits per heavy atom. The van der Waals surface area contributed by atoms with E-state index in [9.17, 15) is 14.4 Å². The van der Waals surface area contributed by atoms with Gasteiger partial charge in [0.1, 0.15) is 5.82 Å². The van der Waals surface area contributed by atoms with Crippen molar-refractivity contribution in [3.63, 3.8) is 0 Å². The molecule has 1 atom stereocenters. The molecular weight excluding hydrogens is 297 g/mol. The van der Waals surface area contributed by atoms with Crippen molar-refractivity contribution in [1.29, 1.82) is 0 Å². The van der Waals surface area contributed by atoms with Gasteiger partial charge in [0, 0.05) is 19.3 Å². The second kappa shape index (κ2) is 5.98. The number of hydroxylamine groups is 1. The monoisotopic (exact) mass is 315 g/mol. The van der Waals surface area contributed by atoms with Crippen LogP contribution in [-0.2, 0) is 17.8 Å². The number of hydrogen-bond acceptors (Lipinski definition) is 4. The van der Waals surface area contributed by atoms with Gasteiger partial charge in [0.2, 0.25) is 0 Å². The molecule has 0 fully saturated rings. The topological polar surface area (TPSA) is 69.8 Å². The van der Waals surface area contributed by atoms with Crippen LogP contribution in [0.25, 0.3) is 0 Å². The third-order valence-corrected chi connectivity index (χ3v) is 4.03. The highest BCUT2D eigenvalue weighted by molar-refractivity contribution is 5.98. The standard InChI is InChI=1S/C17H18FN3O2/c1-20(14-5-3-13(18)4-6-14)10-11-2-7-16-12(8-11)9-15(19)17(22)21(16)23/h2-8,15,23H,9-10,19H2,1H3/t15-/m0/s1. The Kier molecular flexibility index (Phi) is 4.02. The number of fused-ring (bicyclic) bond motifs is 1. The summed E-state index contributed by atoms with van der Waals surface area (Å²) in [5.74, 6) is -0.758. The minimum absolute atomic E-state index is 0.266. The average molecular weight is 315 g/mol. The molecule has 6 heteroatoms. The lowest BCUT2D eigenvalue weighted by Gasteiger charge is -2.28. The lowest BCUT2D eigenvalue weighted by molar-refractivity contribution is -0.125. The fourth-order valence-electron chi connectivity index (χ4n) is 2.77. The number of rotatable bonds is 3. The van der Waals surface area contributed by atoms with Gasteiger partial charge >= 0.3 is 0 Å². The van der Waals surface area contributed by atoms with Gasteiger partial charge in [-0.25, -0.2) is 4.39 Å². The van der Waals surface area contributed by atoms with E-state index in [0.717, 1.165) is 16.8 Å². The van der Waals surface area contributed by atoms with Crippen molar-refractivity contribution in [2.45, 2.75) is 19.0 Å². The number of carbonyl (C=O) groups excluding carboxylic acids is 1. The zero-order valence-corrected chi connectivity index (χ0v) is 12.7. The van der Waals surface area contributed by atoms with Gasteiger partial charge in [0.25, 0.3) is 5.91 Å². The molecule has 0 spiro atoms. The van der Waals surface area contributed by atoms with Crippen molar-refractivity contribution in [3.05, 3.63) is 59.4 Å². The minimum Gasteiger partial charge on any atom is -0.370 e.